The van der Waals surface area contributed by atoms with Gasteiger partial charge in [-0.1, -0.05) is 84.9 Å². The van der Waals surface area contributed by atoms with Crippen LogP contribution < -0.4 is 10.1 Å². The van der Waals surface area contributed by atoms with Gasteiger partial charge in [0.25, 0.3) is 11.4 Å². The van der Waals surface area contributed by atoms with Crippen LogP contribution in [0.5, 0.6) is 5.88 Å². The summed E-state index contributed by atoms with van der Waals surface area (Å²) in [6, 6.07) is 35.7. The van der Waals surface area contributed by atoms with Crippen molar-refractivity contribution in [2.45, 2.75) is 12.3 Å². The average molecular weight is 475 g/mol. The van der Waals surface area contributed by atoms with Crippen LogP contribution in [0.1, 0.15) is 11.1 Å². The molecule has 0 bridgehead atoms. The Morgan fingerprint density at radius 1 is 0.657 bits per heavy atom. The Labute approximate surface area is 203 Å². The van der Waals surface area contributed by atoms with Gasteiger partial charge in [-0.3, -0.25) is 9.20 Å². The molecule has 35 heavy (non-hydrogen) atoms. The molecule has 5 nitrogen and oxygen atoms in total. The third kappa shape index (κ3) is 4.27. The first-order chi connectivity index (χ1) is 17.3. The van der Waals surface area contributed by atoms with Gasteiger partial charge in [0.1, 0.15) is 0 Å². The van der Waals surface area contributed by atoms with Crippen molar-refractivity contribution in [1.29, 1.82) is 0 Å². The summed E-state index contributed by atoms with van der Waals surface area (Å²) in [5.41, 5.74) is 4.78. The Hall–Kier alpha value is -4.08. The fraction of sp³-hybridized carbons (Fsp3) is 0.0690. The zero-order chi connectivity index (χ0) is 23.6. The van der Waals surface area contributed by atoms with Crippen molar-refractivity contribution in [1.82, 2.24) is 14.4 Å². The Balaban J connectivity index is 1.52. The monoisotopic (exact) mass is 475 g/mol. The van der Waals surface area contributed by atoms with Crippen LogP contribution in [0.2, 0.25) is 0 Å². The van der Waals surface area contributed by atoms with E-state index >= 15 is 0 Å². The van der Waals surface area contributed by atoms with Gasteiger partial charge in [-0.2, -0.15) is 0 Å². The Bertz CT molecular complexity index is 1660. The minimum atomic E-state index is -0.989. The number of benzene rings is 4. The van der Waals surface area contributed by atoms with Crippen molar-refractivity contribution >= 4 is 35.7 Å². The summed E-state index contributed by atoms with van der Waals surface area (Å²) < 4.78 is 8.32. The van der Waals surface area contributed by atoms with Crippen molar-refractivity contribution in [3.8, 4) is 5.88 Å². The van der Waals surface area contributed by atoms with Crippen LogP contribution in [0, 0.1) is 0 Å². The van der Waals surface area contributed by atoms with Crippen LogP contribution in [-0.2, 0) is 12.3 Å². The van der Waals surface area contributed by atoms with Crippen LogP contribution in [0.25, 0.3) is 27.6 Å². The second-order valence-electron chi connectivity index (χ2n) is 8.36. The lowest BCUT2D eigenvalue weighted by molar-refractivity contribution is 0.587. The van der Waals surface area contributed by atoms with Gasteiger partial charge in [0.05, 0.1) is 30.1 Å². The highest BCUT2D eigenvalue weighted by Crippen LogP contribution is 2.45. The van der Waals surface area contributed by atoms with Gasteiger partial charge in [0, 0.05) is 12.3 Å². The molecule has 0 aliphatic rings. The first-order valence-corrected chi connectivity index (χ1v) is 13.1. The smallest absolute Gasteiger partial charge is 0.266 e. The second-order valence-corrected chi connectivity index (χ2v) is 10.1. The number of hydrogen-bond acceptors (Lipinski definition) is 4. The summed E-state index contributed by atoms with van der Waals surface area (Å²) in [4.78, 5) is 23.3. The van der Waals surface area contributed by atoms with E-state index in [0.29, 0.717) is 33.5 Å². The third-order valence-electron chi connectivity index (χ3n) is 5.93. The Morgan fingerprint density at radius 3 is 1.91 bits per heavy atom. The van der Waals surface area contributed by atoms with Crippen LogP contribution >= 0.6 is 8.15 Å². The molecule has 6 rings (SSSR count). The Morgan fingerprint density at radius 2 is 1.23 bits per heavy atom. The zero-order valence-electron chi connectivity index (χ0n) is 18.9. The van der Waals surface area contributed by atoms with E-state index in [9.17, 15) is 4.79 Å². The maximum atomic E-state index is 13.6. The number of aromatic nitrogens is 3. The maximum Gasteiger partial charge on any atom is 0.266 e. The molecule has 6 heteroatoms. The maximum absolute atomic E-state index is 13.6. The molecular weight excluding hydrogens is 453 g/mol. The fourth-order valence-electron chi connectivity index (χ4n) is 4.28. The lowest BCUT2D eigenvalue weighted by atomic mass is 10.2. The molecule has 0 saturated heterocycles. The third-order valence-corrected chi connectivity index (χ3v) is 7.80. The molecule has 0 aliphatic carbocycles. The van der Waals surface area contributed by atoms with E-state index in [1.54, 1.807) is 4.40 Å². The predicted molar refractivity (Wildman–Crippen MR) is 142 cm³/mol. The highest BCUT2D eigenvalue weighted by Gasteiger charge is 2.20. The summed E-state index contributed by atoms with van der Waals surface area (Å²) in [6.07, 6.45) is 1.53. The van der Waals surface area contributed by atoms with Crippen molar-refractivity contribution < 1.29 is 4.52 Å². The van der Waals surface area contributed by atoms with E-state index in [1.807, 2.05) is 84.9 Å². The van der Waals surface area contributed by atoms with Crippen LogP contribution in [0.4, 0.5) is 0 Å². The highest BCUT2D eigenvalue weighted by molar-refractivity contribution is 7.51. The largest absolute Gasteiger partial charge is 0.454 e. The Kier molecular flexibility index (Phi) is 5.69. The summed E-state index contributed by atoms with van der Waals surface area (Å²) in [6.45, 7) is 0. The quantitative estimate of drug-likeness (QED) is 0.155. The van der Waals surface area contributed by atoms with E-state index in [-0.39, 0.29) is 5.56 Å². The van der Waals surface area contributed by atoms with Gasteiger partial charge in [-0.15, -0.1) is 0 Å². The average Bonchev–Trinajstić information content (AvgIpc) is 2.90. The molecule has 4 aromatic carbocycles. The molecule has 0 saturated carbocycles. The summed E-state index contributed by atoms with van der Waals surface area (Å²) >= 11 is 0. The summed E-state index contributed by atoms with van der Waals surface area (Å²) in [5.74, 6) is 0.393. The lowest BCUT2D eigenvalue weighted by Gasteiger charge is -2.20. The second kappa shape index (κ2) is 9.28. The standard InChI is InChI=1S/C29H22N3O2P/c33-29-23-15-7-8-16-24(23)30-27-28(31-25-17-9-10-18-26(25)32(27)29)34-35(19-21-11-3-1-4-12-21)20-22-13-5-2-6-14-22/h1-18H,19-20H2. The SMILES string of the molecule is O=c1c2ccccc2nc2c(OP(Cc3ccccc3)Cc3ccccc3)nc3ccccc3n12. The summed E-state index contributed by atoms with van der Waals surface area (Å²) in [5, 5.41) is 0.572. The van der Waals surface area contributed by atoms with E-state index in [1.165, 1.54) is 11.1 Å². The number of fused-ring (bicyclic) bond motifs is 4. The molecule has 0 amide bonds. The molecule has 0 fully saturated rings. The summed E-state index contributed by atoms with van der Waals surface area (Å²) in [7, 11) is -0.989. The first-order valence-electron chi connectivity index (χ1n) is 11.5. The van der Waals surface area contributed by atoms with Gasteiger partial charge in [-0.25, -0.2) is 9.97 Å². The van der Waals surface area contributed by atoms with Gasteiger partial charge in [0.2, 0.25) is 5.65 Å². The van der Waals surface area contributed by atoms with E-state index in [0.717, 1.165) is 12.3 Å². The minimum Gasteiger partial charge on any atom is -0.454 e. The number of nitrogens with zero attached hydrogens (tertiary/aromatic N) is 3. The topological polar surface area (TPSA) is 56.5 Å². The van der Waals surface area contributed by atoms with E-state index in [4.69, 9.17) is 14.5 Å². The van der Waals surface area contributed by atoms with Crippen LogP contribution in [0.15, 0.2) is 114 Å². The number of hydrogen-bond donors (Lipinski definition) is 0. The van der Waals surface area contributed by atoms with E-state index in [2.05, 4.69) is 24.3 Å². The molecule has 2 heterocycles. The van der Waals surface area contributed by atoms with Gasteiger partial charge < -0.3 is 4.52 Å². The molecule has 0 aliphatic heterocycles. The molecule has 0 N–H and O–H groups in total. The van der Waals surface area contributed by atoms with Crippen molar-refractivity contribution in [3.05, 3.63) is 131 Å². The molecule has 0 atom stereocenters. The predicted octanol–water partition coefficient (Wildman–Crippen LogP) is 6.57. The molecule has 0 radical (unpaired) electrons. The molecule has 170 valence electrons. The van der Waals surface area contributed by atoms with E-state index < -0.39 is 8.15 Å². The van der Waals surface area contributed by atoms with Gasteiger partial charge >= 0.3 is 0 Å². The normalized spacial score (nSPS) is 11.5. The minimum absolute atomic E-state index is 0.121. The number of rotatable bonds is 6. The van der Waals surface area contributed by atoms with Crippen molar-refractivity contribution in [2.24, 2.45) is 0 Å². The molecule has 0 unspecified atom stereocenters. The van der Waals surface area contributed by atoms with Crippen molar-refractivity contribution in [3.63, 3.8) is 0 Å². The van der Waals surface area contributed by atoms with Gasteiger partial charge in [0.15, 0.2) is 0 Å². The zero-order valence-corrected chi connectivity index (χ0v) is 19.8. The molecular formula is C29H22N3O2P. The molecule has 0 spiro atoms. The molecule has 2 aromatic heterocycles. The lowest BCUT2D eigenvalue weighted by Crippen LogP contribution is -2.17. The highest BCUT2D eigenvalue weighted by atomic mass is 31.1. The number of para-hydroxylation sites is 3. The van der Waals surface area contributed by atoms with Crippen LogP contribution in [0.3, 0.4) is 0 Å². The molecule has 6 aromatic rings. The van der Waals surface area contributed by atoms with Crippen LogP contribution in [-0.4, -0.2) is 14.4 Å². The van der Waals surface area contributed by atoms with Gasteiger partial charge in [-0.05, 0) is 35.4 Å². The van der Waals surface area contributed by atoms with Crippen molar-refractivity contribution in [2.75, 3.05) is 0 Å². The fourth-order valence-corrected chi connectivity index (χ4v) is 6.13. The first kappa shape index (κ1) is 21.5.